The fourth-order valence-electron chi connectivity index (χ4n) is 3.04. The number of rotatable bonds is 4. The first kappa shape index (κ1) is 16.8. The average molecular weight is 357 g/mol. The van der Waals surface area contributed by atoms with E-state index in [4.69, 9.17) is 4.74 Å². The highest BCUT2D eigenvalue weighted by Gasteiger charge is 2.23. The summed E-state index contributed by atoms with van der Waals surface area (Å²) >= 11 is 0. The number of ether oxygens (including phenoxy) is 1. The van der Waals surface area contributed by atoms with Crippen LogP contribution in [0, 0.1) is 5.82 Å². The van der Waals surface area contributed by atoms with E-state index < -0.39 is 0 Å². The molecule has 0 atom stereocenters. The second-order valence-corrected chi connectivity index (χ2v) is 5.87. The molecule has 0 N–H and O–H groups in total. The molecule has 0 bridgehead atoms. The maximum absolute atomic E-state index is 14.6. The molecule has 5 heteroatoms. The molecular weight excluding hydrogens is 341 g/mol. The molecule has 4 rings (SSSR count). The second kappa shape index (κ2) is 7.33. The average Bonchev–Trinajstić information content (AvgIpc) is 2.74. The highest BCUT2D eigenvalue weighted by molar-refractivity contribution is 5.93. The van der Waals surface area contributed by atoms with E-state index in [1.165, 1.54) is 13.2 Å². The van der Waals surface area contributed by atoms with Crippen LogP contribution >= 0.6 is 0 Å². The molecule has 0 aliphatic rings. The van der Waals surface area contributed by atoms with Crippen LogP contribution in [0.1, 0.15) is 0 Å². The van der Waals surface area contributed by atoms with Gasteiger partial charge >= 0.3 is 0 Å². The van der Waals surface area contributed by atoms with Crippen molar-refractivity contribution in [3.8, 4) is 39.5 Å². The minimum absolute atomic E-state index is 0.340. The SMILES string of the molecule is COc1nnc(-c2ccccc2F)c(-c2ccccc2)c1-c1ccccn1. The highest BCUT2D eigenvalue weighted by Crippen LogP contribution is 2.42. The van der Waals surface area contributed by atoms with Crippen LogP contribution in [0.15, 0.2) is 79.0 Å². The summed E-state index contributed by atoms with van der Waals surface area (Å²) in [5, 5.41) is 8.50. The van der Waals surface area contributed by atoms with Gasteiger partial charge in [0.1, 0.15) is 11.5 Å². The van der Waals surface area contributed by atoms with E-state index in [0.717, 1.165) is 11.1 Å². The minimum Gasteiger partial charge on any atom is -0.479 e. The van der Waals surface area contributed by atoms with Crippen LogP contribution in [0.25, 0.3) is 33.6 Å². The van der Waals surface area contributed by atoms with E-state index in [0.29, 0.717) is 28.4 Å². The van der Waals surface area contributed by atoms with Gasteiger partial charge in [-0.05, 0) is 29.8 Å². The zero-order chi connectivity index (χ0) is 18.6. The first-order valence-corrected chi connectivity index (χ1v) is 8.46. The van der Waals surface area contributed by atoms with Gasteiger partial charge in [0, 0.05) is 17.3 Å². The van der Waals surface area contributed by atoms with E-state index in [9.17, 15) is 4.39 Å². The lowest BCUT2D eigenvalue weighted by Crippen LogP contribution is -2.02. The number of hydrogen-bond acceptors (Lipinski definition) is 4. The standard InChI is InChI=1S/C22H16FN3O/c1-27-22-20(18-13-7-8-14-24-18)19(15-9-3-2-4-10-15)21(25-26-22)16-11-5-6-12-17(16)23/h2-14H,1H3. The monoisotopic (exact) mass is 357 g/mol. The van der Waals surface area contributed by atoms with Crippen LogP contribution in [0.5, 0.6) is 5.88 Å². The lowest BCUT2D eigenvalue weighted by atomic mass is 9.93. The Bertz CT molecular complexity index is 1070. The number of halogens is 1. The molecule has 4 nitrogen and oxygen atoms in total. The molecule has 0 saturated carbocycles. The van der Waals surface area contributed by atoms with Crippen molar-refractivity contribution in [3.63, 3.8) is 0 Å². The van der Waals surface area contributed by atoms with E-state index in [1.807, 2.05) is 48.5 Å². The van der Waals surface area contributed by atoms with Gasteiger partial charge in [-0.3, -0.25) is 4.98 Å². The van der Waals surface area contributed by atoms with Crippen LogP contribution in [0.2, 0.25) is 0 Å². The molecule has 0 fully saturated rings. The number of pyridine rings is 1. The lowest BCUT2D eigenvalue weighted by Gasteiger charge is -2.16. The van der Waals surface area contributed by atoms with Crippen molar-refractivity contribution in [1.82, 2.24) is 15.2 Å². The Hall–Kier alpha value is -3.60. The third-order valence-electron chi connectivity index (χ3n) is 4.25. The molecule has 0 spiro atoms. The van der Waals surface area contributed by atoms with Crippen molar-refractivity contribution in [2.24, 2.45) is 0 Å². The van der Waals surface area contributed by atoms with Gasteiger partial charge < -0.3 is 4.74 Å². The number of nitrogens with zero attached hydrogens (tertiary/aromatic N) is 3. The van der Waals surface area contributed by atoms with Crippen molar-refractivity contribution < 1.29 is 9.13 Å². The van der Waals surface area contributed by atoms with Crippen LogP contribution in [-0.4, -0.2) is 22.3 Å². The smallest absolute Gasteiger partial charge is 0.243 e. The summed E-state index contributed by atoms with van der Waals surface area (Å²) in [6, 6.07) is 21.8. The molecule has 0 unspecified atom stereocenters. The van der Waals surface area contributed by atoms with Gasteiger partial charge in [-0.15, -0.1) is 10.2 Å². The molecule has 4 aromatic rings. The third kappa shape index (κ3) is 3.15. The predicted octanol–water partition coefficient (Wildman–Crippen LogP) is 5.02. The highest BCUT2D eigenvalue weighted by atomic mass is 19.1. The fraction of sp³-hybridized carbons (Fsp3) is 0.0455. The predicted molar refractivity (Wildman–Crippen MR) is 103 cm³/mol. The van der Waals surface area contributed by atoms with Gasteiger partial charge in [0.05, 0.1) is 18.4 Å². The molecule has 132 valence electrons. The number of methoxy groups -OCH3 is 1. The molecular formula is C22H16FN3O. The normalized spacial score (nSPS) is 10.6. The Morgan fingerprint density at radius 2 is 1.52 bits per heavy atom. The van der Waals surface area contributed by atoms with Crippen molar-refractivity contribution in [2.45, 2.75) is 0 Å². The zero-order valence-electron chi connectivity index (χ0n) is 14.6. The number of benzene rings is 2. The van der Waals surface area contributed by atoms with Crippen LogP contribution in [0.3, 0.4) is 0 Å². The van der Waals surface area contributed by atoms with Gasteiger partial charge in [-0.25, -0.2) is 4.39 Å². The maximum Gasteiger partial charge on any atom is 0.243 e. The molecule has 0 aliphatic heterocycles. The molecule has 2 aromatic heterocycles. The Kier molecular flexibility index (Phi) is 4.58. The molecule has 0 aliphatic carbocycles. The Morgan fingerprint density at radius 1 is 0.778 bits per heavy atom. The van der Waals surface area contributed by atoms with Gasteiger partial charge in [0.2, 0.25) is 5.88 Å². The van der Waals surface area contributed by atoms with Crippen molar-refractivity contribution in [2.75, 3.05) is 7.11 Å². The van der Waals surface area contributed by atoms with E-state index in [1.54, 1.807) is 24.4 Å². The van der Waals surface area contributed by atoms with Crippen molar-refractivity contribution >= 4 is 0 Å². The maximum atomic E-state index is 14.6. The molecule has 0 radical (unpaired) electrons. The quantitative estimate of drug-likeness (QED) is 0.514. The Balaban J connectivity index is 2.11. The van der Waals surface area contributed by atoms with E-state index in [-0.39, 0.29) is 5.82 Å². The van der Waals surface area contributed by atoms with Gasteiger partial charge in [0.25, 0.3) is 0 Å². The first-order chi connectivity index (χ1) is 13.3. The third-order valence-corrected chi connectivity index (χ3v) is 4.25. The van der Waals surface area contributed by atoms with E-state index in [2.05, 4.69) is 15.2 Å². The van der Waals surface area contributed by atoms with Crippen molar-refractivity contribution in [3.05, 3.63) is 84.8 Å². The first-order valence-electron chi connectivity index (χ1n) is 8.46. The zero-order valence-corrected chi connectivity index (χ0v) is 14.6. The largest absolute Gasteiger partial charge is 0.479 e. The van der Waals surface area contributed by atoms with Crippen LogP contribution < -0.4 is 4.74 Å². The van der Waals surface area contributed by atoms with Crippen LogP contribution in [-0.2, 0) is 0 Å². The Morgan fingerprint density at radius 3 is 2.22 bits per heavy atom. The fourth-order valence-corrected chi connectivity index (χ4v) is 3.04. The summed E-state index contributed by atoms with van der Waals surface area (Å²) in [5.74, 6) is -0.0197. The van der Waals surface area contributed by atoms with Gasteiger partial charge in [-0.1, -0.05) is 48.5 Å². The molecule has 0 saturated heterocycles. The Labute approximate surface area is 156 Å². The summed E-state index contributed by atoms with van der Waals surface area (Å²) in [7, 11) is 1.54. The van der Waals surface area contributed by atoms with Gasteiger partial charge in [-0.2, -0.15) is 0 Å². The van der Waals surface area contributed by atoms with Crippen molar-refractivity contribution in [1.29, 1.82) is 0 Å². The number of hydrogen-bond donors (Lipinski definition) is 0. The summed E-state index contributed by atoms with van der Waals surface area (Å²) in [6.45, 7) is 0. The molecule has 0 amide bonds. The van der Waals surface area contributed by atoms with Crippen LogP contribution in [0.4, 0.5) is 4.39 Å². The summed E-state index contributed by atoms with van der Waals surface area (Å²) in [6.07, 6.45) is 1.70. The summed E-state index contributed by atoms with van der Waals surface area (Å²) in [4.78, 5) is 4.46. The summed E-state index contributed by atoms with van der Waals surface area (Å²) < 4.78 is 20.0. The molecule has 2 heterocycles. The minimum atomic E-state index is -0.360. The topological polar surface area (TPSA) is 47.9 Å². The second-order valence-electron chi connectivity index (χ2n) is 5.87. The van der Waals surface area contributed by atoms with E-state index >= 15 is 0 Å². The number of aromatic nitrogens is 3. The molecule has 27 heavy (non-hydrogen) atoms. The van der Waals surface area contributed by atoms with Gasteiger partial charge in [0.15, 0.2) is 0 Å². The lowest BCUT2D eigenvalue weighted by molar-refractivity contribution is 0.394. The molecule has 2 aromatic carbocycles. The summed E-state index contributed by atoms with van der Waals surface area (Å²) in [5.41, 5.74) is 3.79.